The van der Waals surface area contributed by atoms with Crippen LogP contribution < -0.4 is 0 Å². The first kappa shape index (κ1) is 19.6. The minimum atomic E-state index is -0.625. The lowest BCUT2D eigenvalue weighted by Gasteiger charge is -2.13. The molecule has 0 aromatic heterocycles. The molecule has 0 N–H and O–H groups in total. The van der Waals surface area contributed by atoms with Crippen LogP contribution in [0.5, 0.6) is 0 Å². The quantitative estimate of drug-likeness (QED) is 0.315. The molecule has 21 heavy (non-hydrogen) atoms. The molecule has 0 saturated heterocycles. The Morgan fingerprint density at radius 3 is 2.05 bits per heavy atom. The summed E-state index contributed by atoms with van der Waals surface area (Å²) >= 11 is 0. The lowest BCUT2D eigenvalue weighted by atomic mass is 9.95. The first-order valence-corrected chi connectivity index (χ1v) is 7.91. The van der Waals surface area contributed by atoms with Crippen molar-refractivity contribution in [2.24, 2.45) is 5.92 Å². The number of hydrogen-bond acceptors (Lipinski definition) is 5. The van der Waals surface area contributed by atoms with Crippen molar-refractivity contribution >= 4 is 17.7 Å². The molecule has 0 spiro atoms. The lowest BCUT2D eigenvalue weighted by Crippen LogP contribution is -2.25. The van der Waals surface area contributed by atoms with E-state index in [0.29, 0.717) is 32.5 Å². The zero-order chi connectivity index (χ0) is 16.1. The highest BCUT2D eigenvalue weighted by molar-refractivity contribution is 5.98. The van der Waals surface area contributed by atoms with Gasteiger partial charge < -0.3 is 9.47 Å². The first-order chi connectivity index (χ1) is 10.1. The predicted octanol–water partition coefficient (Wildman–Crippen LogP) is 3.05. The molecule has 122 valence electrons. The maximum Gasteiger partial charge on any atom is 0.316 e. The summed E-state index contributed by atoms with van der Waals surface area (Å²) in [6.07, 6.45) is 4.68. The van der Waals surface area contributed by atoms with Gasteiger partial charge in [0.05, 0.1) is 13.2 Å². The molecule has 0 heterocycles. The van der Waals surface area contributed by atoms with Crippen molar-refractivity contribution in [3.63, 3.8) is 0 Å². The third-order valence-corrected chi connectivity index (χ3v) is 3.24. The number of ether oxygens (including phenoxy) is 2. The van der Waals surface area contributed by atoms with Gasteiger partial charge in [0, 0.05) is 12.8 Å². The van der Waals surface area contributed by atoms with Crippen LogP contribution in [0.15, 0.2) is 0 Å². The Bertz CT molecular complexity index is 325. The van der Waals surface area contributed by atoms with Crippen LogP contribution in [0, 0.1) is 5.92 Å². The van der Waals surface area contributed by atoms with Crippen molar-refractivity contribution < 1.29 is 23.9 Å². The molecule has 0 aromatic rings. The smallest absolute Gasteiger partial charge is 0.316 e. The molecular formula is C16H28O5. The molecule has 0 aliphatic rings. The fraction of sp³-hybridized carbons (Fsp3) is 0.812. The van der Waals surface area contributed by atoms with Gasteiger partial charge in [0.25, 0.3) is 0 Å². The first-order valence-electron chi connectivity index (χ1n) is 7.91. The molecule has 5 heteroatoms. The highest BCUT2D eigenvalue weighted by atomic mass is 16.5. The van der Waals surface area contributed by atoms with Gasteiger partial charge in [-0.05, 0) is 26.7 Å². The van der Waals surface area contributed by atoms with Gasteiger partial charge in [-0.3, -0.25) is 14.4 Å². The van der Waals surface area contributed by atoms with Crippen molar-refractivity contribution in [1.82, 2.24) is 0 Å². The molecule has 0 fully saturated rings. The van der Waals surface area contributed by atoms with Gasteiger partial charge in [0.2, 0.25) is 0 Å². The predicted molar refractivity (Wildman–Crippen MR) is 79.8 cm³/mol. The minimum Gasteiger partial charge on any atom is -0.466 e. The molecule has 0 radical (unpaired) electrons. The topological polar surface area (TPSA) is 69.7 Å². The summed E-state index contributed by atoms with van der Waals surface area (Å²) in [6, 6.07) is 0. The van der Waals surface area contributed by atoms with Gasteiger partial charge in [-0.1, -0.05) is 26.2 Å². The van der Waals surface area contributed by atoms with E-state index >= 15 is 0 Å². The zero-order valence-electron chi connectivity index (χ0n) is 13.5. The molecule has 5 nitrogen and oxygen atoms in total. The Morgan fingerprint density at radius 2 is 1.48 bits per heavy atom. The van der Waals surface area contributed by atoms with E-state index in [-0.39, 0.29) is 11.8 Å². The second-order valence-electron chi connectivity index (χ2n) is 4.88. The number of Topliss-reactive ketones (excluding diaryl/α,β-unsaturated/α-hetero) is 1. The Morgan fingerprint density at radius 1 is 0.857 bits per heavy atom. The Kier molecular flexibility index (Phi) is 11.5. The maximum atomic E-state index is 11.7. The van der Waals surface area contributed by atoms with Crippen LogP contribution in [0.25, 0.3) is 0 Å². The molecule has 0 aromatic carbocycles. The van der Waals surface area contributed by atoms with Crippen LogP contribution in [-0.2, 0) is 23.9 Å². The summed E-state index contributed by atoms with van der Waals surface area (Å²) in [5.74, 6) is -1.25. The number of hydrogen-bond donors (Lipinski definition) is 0. The molecule has 0 aliphatic carbocycles. The summed E-state index contributed by atoms with van der Waals surface area (Å²) in [5, 5.41) is 0. The van der Waals surface area contributed by atoms with Gasteiger partial charge in [0.15, 0.2) is 0 Å². The Hall–Kier alpha value is -1.39. The second-order valence-corrected chi connectivity index (χ2v) is 4.88. The normalized spacial score (nSPS) is 11.8. The highest BCUT2D eigenvalue weighted by Crippen LogP contribution is 2.16. The van der Waals surface area contributed by atoms with E-state index in [1.807, 2.05) is 0 Å². The van der Waals surface area contributed by atoms with Gasteiger partial charge in [-0.15, -0.1) is 0 Å². The van der Waals surface area contributed by atoms with Crippen LogP contribution in [0.3, 0.4) is 0 Å². The van der Waals surface area contributed by atoms with Crippen LogP contribution >= 0.6 is 0 Å². The minimum absolute atomic E-state index is 0.0556. The van der Waals surface area contributed by atoms with E-state index in [0.717, 1.165) is 25.7 Å². The van der Waals surface area contributed by atoms with Crippen molar-refractivity contribution in [3.05, 3.63) is 0 Å². The highest BCUT2D eigenvalue weighted by Gasteiger charge is 2.25. The van der Waals surface area contributed by atoms with E-state index < -0.39 is 11.9 Å². The summed E-state index contributed by atoms with van der Waals surface area (Å²) in [6.45, 7) is 6.00. The summed E-state index contributed by atoms with van der Waals surface area (Å²) in [5.41, 5.74) is 0. The van der Waals surface area contributed by atoms with Crippen molar-refractivity contribution in [2.45, 2.75) is 65.7 Å². The SMILES string of the molecule is CCOC(=O)CCCCCCC(C(=O)CC)C(=O)OCC. The zero-order valence-corrected chi connectivity index (χ0v) is 13.5. The molecule has 0 rings (SSSR count). The van der Waals surface area contributed by atoms with Gasteiger partial charge >= 0.3 is 11.9 Å². The van der Waals surface area contributed by atoms with Gasteiger partial charge in [-0.25, -0.2) is 0 Å². The summed E-state index contributed by atoms with van der Waals surface area (Å²) in [4.78, 5) is 34.6. The molecule has 1 unspecified atom stereocenters. The maximum absolute atomic E-state index is 11.7. The Balaban J connectivity index is 3.90. The van der Waals surface area contributed by atoms with E-state index in [1.54, 1.807) is 20.8 Å². The average molecular weight is 300 g/mol. The van der Waals surface area contributed by atoms with E-state index in [4.69, 9.17) is 9.47 Å². The standard InChI is InChI=1S/C16H28O5/c1-4-14(17)13(16(19)21-6-3)11-9-7-8-10-12-15(18)20-5-2/h13H,4-12H2,1-3H3. The third kappa shape index (κ3) is 9.21. The third-order valence-electron chi connectivity index (χ3n) is 3.24. The number of carbonyl (C=O) groups is 3. The average Bonchev–Trinajstić information content (AvgIpc) is 2.46. The Labute approximate surface area is 127 Å². The number of esters is 2. The molecular weight excluding hydrogens is 272 g/mol. The summed E-state index contributed by atoms with van der Waals surface area (Å²) < 4.78 is 9.79. The van der Waals surface area contributed by atoms with E-state index in [9.17, 15) is 14.4 Å². The number of unbranched alkanes of at least 4 members (excludes halogenated alkanes) is 3. The lowest BCUT2D eigenvalue weighted by molar-refractivity contribution is -0.152. The van der Waals surface area contributed by atoms with Crippen molar-refractivity contribution in [1.29, 1.82) is 0 Å². The molecule has 0 bridgehead atoms. The van der Waals surface area contributed by atoms with Crippen molar-refractivity contribution in [3.8, 4) is 0 Å². The van der Waals surface area contributed by atoms with E-state index in [1.165, 1.54) is 0 Å². The van der Waals surface area contributed by atoms with Gasteiger partial charge in [-0.2, -0.15) is 0 Å². The monoisotopic (exact) mass is 300 g/mol. The van der Waals surface area contributed by atoms with Gasteiger partial charge in [0.1, 0.15) is 11.7 Å². The largest absolute Gasteiger partial charge is 0.466 e. The van der Waals surface area contributed by atoms with Crippen LogP contribution in [-0.4, -0.2) is 30.9 Å². The van der Waals surface area contributed by atoms with Crippen LogP contribution in [0.1, 0.15) is 65.7 Å². The van der Waals surface area contributed by atoms with Crippen molar-refractivity contribution in [2.75, 3.05) is 13.2 Å². The van der Waals surface area contributed by atoms with Crippen LogP contribution in [0.2, 0.25) is 0 Å². The number of carbonyl (C=O) groups excluding carboxylic acids is 3. The number of rotatable bonds is 12. The molecule has 0 saturated carbocycles. The van der Waals surface area contributed by atoms with E-state index in [2.05, 4.69) is 0 Å². The molecule has 1 atom stereocenters. The van der Waals surface area contributed by atoms with Crippen LogP contribution in [0.4, 0.5) is 0 Å². The second kappa shape index (κ2) is 12.4. The number of ketones is 1. The fourth-order valence-electron chi connectivity index (χ4n) is 2.10. The molecule has 0 aliphatic heterocycles. The summed E-state index contributed by atoms with van der Waals surface area (Å²) in [7, 11) is 0. The fourth-order valence-corrected chi connectivity index (χ4v) is 2.10. The molecule has 0 amide bonds.